The van der Waals surface area contributed by atoms with Crippen molar-refractivity contribution in [2.45, 2.75) is 19.4 Å². The van der Waals surface area contributed by atoms with Crippen molar-refractivity contribution in [1.29, 1.82) is 0 Å². The molecule has 3 heterocycles. The van der Waals surface area contributed by atoms with Crippen molar-refractivity contribution < 1.29 is 9.53 Å². The highest BCUT2D eigenvalue weighted by Gasteiger charge is 2.27. The lowest BCUT2D eigenvalue weighted by atomic mass is 10.1. The Bertz CT molecular complexity index is 923. The Morgan fingerprint density at radius 3 is 3.12 bits per heavy atom. The first-order valence-electron chi connectivity index (χ1n) is 8.81. The van der Waals surface area contributed by atoms with Gasteiger partial charge in [0.15, 0.2) is 5.82 Å². The van der Waals surface area contributed by atoms with E-state index in [1.165, 1.54) is 0 Å². The molecular formula is C19H21N5O2. The van der Waals surface area contributed by atoms with E-state index in [2.05, 4.69) is 25.2 Å². The van der Waals surface area contributed by atoms with E-state index in [0.717, 1.165) is 29.7 Å². The van der Waals surface area contributed by atoms with E-state index in [9.17, 15) is 4.79 Å². The maximum absolute atomic E-state index is 12.6. The zero-order valence-corrected chi connectivity index (χ0v) is 14.6. The fraction of sp³-hybridized carbons (Fsp3) is 0.316. The van der Waals surface area contributed by atoms with Gasteiger partial charge in [-0.15, -0.1) is 0 Å². The summed E-state index contributed by atoms with van der Waals surface area (Å²) in [6.07, 6.45) is 6.02. The monoisotopic (exact) mass is 351 g/mol. The standard InChI is InChI=1S/C19H21N5O2/c1-2-26-19-17(21-8-9-22-19)24-10-6-15(12-24)23-18(25)14-3-4-16-13(11-14)5-7-20-16/h3-5,7-9,11,15,20H,2,6,10,12H2,1H3,(H,23,25)/t15-/m0/s1. The van der Waals surface area contributed by atoms with Crippen LogP contribution in [0, 0.1) is 0 Å². The van der Waals surface area contributed by atoms with Gasteiger partial charge >= 0.3 is 0 Å². The average molecular weight is 351 g/mol. The number of benzene rings is 1. The lowest BCUT2D eigenvalue weighted by Gasteiger charge is -2.19. The maximum atomic E-state index is 12.6. The van der Waals surface area contributed by atoms with Crippen LogP contribution in [0.1, 0.15) is 23.7 Å². The van der Waals surface area contributed by atoms with Gasteiger partial charge < -0.3 is 19.9 Å². The van der Waals surface area contributed by atoms with Gasteiger partial charge in [0.05, 0.1) is 6.61 Å². The molecular weight excluding hydrogens is 330 g/mol. The van der Waals surface area contributed by atoms with Gasteiger partial charge in [-0.3, -0.25) is 4.79 Å². The summed E-state index contributed by atoms with van der Waals surface area (Å²) in [6.45, 7) is 3.96. The summed E-state index contributed by atoms with van der Waals surface area (Å²) in [6, 6.07) is 7.72. The van der Waals surface area contributed by atoms with Crippen LogP contribution in [-0.2, 0) is 0 Å². The summed E-state index contributed by atoms with van der Waals surface area (Å²) < 4.78 is 5.56. The first-order valence-corrected chi connectivity index (χ1v) is 8.81. The molecule has 0 bridgehead atoms. The molecule has 1 fully saturated rings. The second kappa shape index (κ2) is 7.03. The van der Waals surface area contributed by atoms with Gasteiger partial charge in [-0.05, 0) is 37.6 Å². The first-order chi connectivity index (χ1) is 12.7. The Labute approximate surface area is 151 Å². The highest BCUT2D eigenvalue weighted by atomic mass is 16.5. The van der Waals surface area contributed by atoms with Crippen LogP contribution in [0.2, 0.25) is 0 Å². The molecule has 0 aliphatic carbocycles. The fourth-order valence-electron chi connectivity index (χ4n) is 3.31. The number of aromatic amines is 1. The third kappa shape index (κ3) is 3.20. The minimum absolute atomic E-state index is 0.0517. The lowest BCUT2D eigenvalue weighted by Crippen LogP contribution is -2.37. The van der Waals surface area contributed by atoms with Crippen molar-refractivity contribution in [2.75, 3.05) is 24.6 Å². The molecule has 7 heteroatoms. The largest absolute Gasteiger partial charge is 0.475 e. The molecule has 134 valence electrons. The van der Waals surface area contributed by atoms with Crippen LogP contribution < -0.4 is 15.0 Å². The van der Waals surface area contributed by atoms with Gasteiger partial charge in [-0.2, -0.15) is 0 Å². The quantitative estimate of drug-likeness (QED) is 0.737. The number of carbonyl (C=O) groups is 1. The van der Waals surface area contributed by atoms with Crippen LogP contribution in [-0.4, -0.2) is 46.6 Å². The molecule has 1 aromatic carbocycles. The van der Waals surface area contributed by atoms with E-state index >= 15 is 0 Å². The number of hydrogen-bond donors (Lipinski definition) is 2. The van der Waals surface area contributed by atoms with Gasteiger partial charge in [0.2, 0.25) is 0 Å². The van der Waals surface area contributed by atoms with Crippen LogP contribution in [0.3, 0.4) is 0 Å². The van der Waals surface area contributed by atoms with E-state index in [1.807, 2.05) is 37.4 Å². The number of amides is 1. The van der Waals surface area contributed by atoms with E-state index in [-0.39, 0.29) is 11.9 Å². The van der Waals surface area contributed by atoms with Crippen LogP contribution in [0.15, 0.2) is 42.9 Å². The van der Waals surface area contributed by atoms with E-state index in [0.29, 0.717) is 24.6 Å². The fourth-order valence-corrected chi connectivity index (χ4v) is 3.31. The number of H-pyrrole nitrogens is 1. The van der Waals surface area contributed by atoms with Crippen LogP contribution in [0.25, 0.3) is 10.9 Å². The van der Waals surface area contributed by atoms with Gasteiger partial charge in [0, 0.05) is 54.2 Å². The predicted octanol–water partition coefficient (Wildman–Crippen LogP) is 2.37. The number of fused-ring (bicyclic) bond motifs is 1. The average Bonchev–Trinajstić information content (AvgIpc) is 3.31. The number of carbonyl (C=O) groups excluding carboxylic acids is 1. The number of aromatic nitrogens is 3. The Morgan fingerprint density at radius 2 is 2.23 bits per heavy atom. The van der Waals surface area contributed by atoms with Crippen molar-refractivity contribution in [3.8, 4) is 5.88 Å². The van der Waals surface area contributed by atoms with Crippen molar-refractivity contribution in [1.82, 2.24) is 20.3 Å². The summed E-state index contributed by atoms with van der Waals surface area (Å²) >= 11 is 0. The summed E-state index contributed by atoms with van der Waals surface area (Å²) in [5.74, 6) is 1.23. The van der Waals surface area contributed by atoms with Crippen LogP contribution >= 0.6 is 0 Å². The van der Waals surface area contributed by atoms with Gasteiger partial charge in [-0.25, -0.2) is 9.97 Å². The molecule has 0 radical (unpaired) electrons. The number of rotatable bonds is 5. The Kier molecular flexibility index (Phi) is 4.43. The molecule has 1 aliphatic rings. The topological polar surface area (TPSA) is 83.1 Å². The number of hydrogen-bond acceptors (Lipinski definition) is 5. The Balaban J connectivity index is 1.43. The zero-order chi connectivity index (χ0) is 17.9. The molecule has 1 aliphatic heterocycles. The molecule has 3 aromatic rings. The summed E-state index contributed by atoms with van der Waals surface area (Å²) in [4.78, 5) is 26.5. The number of anilines is 1. The number of nitrogens with zero attached hydrogens (tertiary/aromatic N) is 3. The lowest BCUT2D eigenvalue weighted by molar-refractivity contribution is 0.0940. The molecule has 2 N–H and O–H groups in total. The number of ether oxygens (including phenoxy) is 1. The summed E-state index contributed by atoms with van der Waals surface area (Å²) in [5.41, 5.74) is 1.70. The minimum atomic E-state index is -0.0517. The SMILES string of the molecule is CCOc1nccnc1N1CC[C@H](NC(=O)c2ccc3[nH]ccc3c2)C1. The molecule has 2 aromatic heterocycles. The zero-order valence-electron chi connectivity index (χ0n) is 14.6. The summed E-state index contributed by atoms with van der Waals surface area (Å²) in [5, 5.41) is 4.16. The second-order valence-electron chi connectivity index (χ2n) is 6.30. The van der Waals surface area contributed by atoms with Crippen LogP contribution in [0.4, 0.5) is 5.82 Å². The summed E-state index contributed by atoms with van der Waals surface area (Å²) in [7, 11) is 0. The highest BCUT2D eigenvalue weighted by Crippen LogP contribution is 2.26. The molecule has 4 rings (SSSR count). The predicted molar refractivity (Wildman–Crippen MR) is 99.6 cm³/mol. The molecule has 0 spiro atoms. The second-order valence-corrected chi connectivity index (χ2v) is 6.30. The normalized spacial score (nSPS) is 16.8. The van der Waals surface area contributed by atoms with E-state index < -0.39 is 0 Å². The van der Waals surface area contributed by atoms with Gasteiger partial charge in [0.25, 0.3) is 11.8 Å². The third-order valence-corrected chi connectivity index (χ3v) is 4.57. The molecule has 26 heavy (non-hydrogen) atoms. The smallest absolute Gasteiger partial charge is 0.257 e. The van der Waals surface area contributed by atoms with E-state index in [1.54, 1.807) is 12.4 Å². The molecule has 0 saturated carbocycles. The molecule has 1 atom stereocenters. The Hall–Kier alpha value is -3.09. The van der Waals surface area contributed by atoms with Crippen molar-refractivity contribution in [3.05, 3.63) is 48.4 Å². The van der Waals surface area contributed by atoms with Crippen molar-refractivity contribution >= 4 is 22.6 Å². The molecule has 0 unspecified atom stereocenters. The molecule has 7 nitrogen and oxygen atoms in total. The van der Waals surface area contributed by atoms with Gasteiger partial charge in [-0.1, -0.05) is 0 Å². The van der Waals surface area contributed by atoms with Crippen molar-refractivity contribution in [3.63, 3.8) is 0 Å². The highest BCUT2D eigenvalue weighted by molar-refractivity contribution is 5.98. The molecule has 1 amide bonds. The van der Waals surface area contributed by atoms with E-state index in [4.69, 9.17) is 4.74 Å². The van der Waals surface area contributed by atoms with Gasteiger partial charge in [0.1, 0.15) is 0 Å². The minimum Gasteiger partial charge on any atom is -0.475 e. The first kappa shape index (κ1) is 16.4. The van der Waals surface area contributed by atoms with Crippen molar-refractivity contribution in [2.24, 2.45) is 0 Å². The molecule has 1 saturated heterocycles. The van der Waals surface area contributed by atoms with Crippen LogP contribution in [0.5, 0.6) is 5.88 Å². The third-order valence-electron chi connectivity index (χ3n) is 4.57. The number of nitrogens with one attached hydrogen (secondary N) is 2. The maximum Gasteiger partial charge on any atom is 0.257 e. The Morgan fingerprint density at radius 1 is 1.35 bits per heavy atom.